The molecular weight excluding hydrogens is 252 g/mol. The molecule has 0 saturated heterocycles. The Kier molecular flexibility index (Phi) is 4.82. The van der Waals surface area contributed by atoms with Crippen LogP contribution in [-0.4, -0.2) is 17.4 Å². The van der Waals surface area contributed by atoms with Crippen LogP contribution >= 0.6 is 0 Å². The molecule has 0 atom stereocenters. The highest BCUT2D eigenvalue weighted by Crippen LogP contribution is 2.30. The van der Waals surface area contributed by atoms with Crippen molar-refractivity contribution in [3.8, 4) is 0 Å². The maximum Gasteiger partial charge on any atom is 0.267 e. The second kappa shape index (κ2) is 6.59. The molecule has 1 aromatic heterocycles. The number of nitrogens with two attached hydrogens (primary N) is 2. The molecule has 1 saturated carbocycles. The Hall–Kier alpha value is -1.78. The van der Waals surface area contributed by atoms with Crippen LogP contribution in [-0.2, 0) is 0 Å². The van der Waals surface area contributed by atoms with E-state index < -0.39 is 5.91 Å². The summed E-state index contributed by atoms with van der Waals surface area (Å²) in [7, 11) is 0. The number of nitrogen functional groups attached to an aromatic ring is 1. The first-order valence-electron chi connectivity index (χ1n) is 7.40. The van der Waals surface area contributed by atoms with Gasteiger partial charge in [0.2, 0.25) is 0 Å². The van der Waals surface area contributed by atoms with Crippen molar-refractivity contribution in [1.29, 1.82) is 0 Å². The third kappa shape index (κ3) is 3.62. The van der Waals surface area contributed by atoms with Crippen LogP contribution in [0.25, 0.3) is 0 Å². The highest BCUT2D eigenvalue weighted by atomic mass is 16.1. The average molecular weight is 276 g/mol. The molecule has 1 aromatic rings. The SMILES string of the molecule is CCC1CCC(CNc2nc(C(N)=O)ccc2N)CC1. The summed E-state index contributed by atoms with van der Waals surface area (Å²) in [6.45, 7) is 3.12. The van der Waals surface area contributed by atoms with Gasteiger partial charge in [-0.25, -0.2) is 4.98 Å². The number of amides is 1. The van der Waals surface area contributed by atoms with E-state index in [9.17, 15) is 4.79 Å². The van der Waals surface area contributed by atoms with Crippen LogP contribution in [0, 0.1) is 11.8 Å². The lowest BCUT2D eigenvalue weighted by Gasteiger charge is -2.28. The van der Waals surface area contributed by atoms with Gasteiger partial charge in [0.25, 0.3) is 5.91 Å². The van der Waals surface area contributed by atoms with Crippen molar-refractivity contribution in [2.45, 2.75) is 39.0 Å². The fourth-order valence-corrected chi connectivity index (χ4v) is 2.83. The molecule has 5 N–H and O–H groups in total. The number of rotatable bonds is 5. The quantitative estimate of drug-likeness (QED) is 0.769. The maximum atomic E-state index is 11.1. The predicted molar refractivity (Wildman–Crippen MR) is 81.4 cm³/mol. The number of nitrogens with zero attached hydrogens (tertiary/aromatic N) is 1. The largest absolute Gasteiger partial charge is 0.396 e. The van der Waals surface area contributed by atoms with Gasteiger partial charge in [0.15, 0.2) is 0 Å². The minimum Gasteiger partial charge on any atom is -0.396 e. The van der Waals surface area contributed by atoms with E-state index >= 15 is 0 Å². The van der Waals surface area contributed by atoms with Crippen molar-refractivity contribution < 1.29 is 4.79 Å². The Morgan fingerprint density at radius 3 is 2.55 bits per heavy atom. The second-order valence-corrected chi connectivity index (χ2v) is 5.67. The van der Waals surface area contributed by atoms with Crippen LogP contribution in [0.15, 0.2) is 12.1 Å². The lowest BCUT2D eigenvalue weighted by molar-refractivity contribution is 0.0996. The van der Waals surface area contributed by atoms with Gasteiger partial charge in [0.05, 0.1) is 5.69 Å². The van der Waals surface area contributed by atoms with Crippen LogP contribution in [0.4, 0.5) is 11.5 Å². The van der Waals surface area contributed by atoms with Crippen molar-refractivity contribution in [1.82, 2.24) is 4.98 Å². The fraction of sp³-hybridized carbons (Fsp3) is 0.600. The Balaban J connectivity index is 1.91. The third-order valence-electron chi connectivity index (χ3n) is 4.28. The molecule has 2 rings (SSSR count). The summed E-state index contributed by atoms with van der Waals surface area (Å²) in [4.78, 5) is 15.3. The van der Waals surface area contributed by atoms with Gasteiger partial charge >= 0.3 is 0 Å². The Labute approximate surface area is 120 Å². The number of pyridine rings is 1. The van der Waals surface area contributed by atoms with Crippen molar-refractivity contribution in [2.24, 2.45) is 17.6 Å². The monoisotopic (exact) mass is 276 g/mol. The van der Waals surface area contributed by atoms with Crippen LogP contribution in [0.3, 0.4) is 0 Å². The van der Waals surface area contributed by atoms with E-state index in [4.69, 9.17) is 11.5 Å². The van der Waals surface area contributed by atoms with Crippen molar-refractivity contribution >= 4 is 17.4 Å². The predicted octanol–water partition coefficient (Wildman–Crippen LogP) is 2.39. The highest BCUT2D eigenvalue weighted by molar-refractivity contribution is 5.91. The van der Waals surface area contributed by atoms with E-state index in [0.29, 0.717) is 17.4 Å². The normalized spacial score (nSPS) is 22.4. The van der Waals surface area contributed by atoms with Crippen molar-refractivity contribution in [3.05, 3.63) is 17.8 Å². The molecule has 20 heavy (non-hydrogen) atoms. The maximum absolute atomic E-state index is 11.1. The van der Waals surface area contributed by atoms with E-state index in [1.807, 2.05) is 0 Å². The molecule has 1 amide bonds. The van der Waals surface area contributed by atoms with Crippen molar-refractivity contribution in [3.63, 3.8) is 0 Å². The fourth-order valence-electron chi connectivity index (χ4n) is 2.83. The molecule has 1 aliphatic carbocycles. The molecule has 0 radical (unpaired) electrons. The number of nitrogens with one attached hydrogen (secondary N) is 1. The second-order valence-electron chi connectivity index (χ2n) is 5.67. The van der Waals surface area contributed by atoms with Crippen LogP contribution in [0.2, 0.25) is 0 Å². The molecule has 110 valence electrons. The minimum absolute atomic E-state index is 0.247. The molecule has 1 fully saturated rings. The van der Waals surface area contributed by atoms with Crippen LogP contribution < -0.4 is 16.8 Å². The first kappa shape index (κ1) is 14.6. The zero-order valence-corrected chi connectivity index (χ0v) is 12.1. The van der Waals surface area contributed by atoms with Crippen LogP contribution in [0.1, 0.15) is 49.5 Å². The van der Waals surface area contributed by atoms with Gasteiger partial charge < -0.3 is 16.8 Å². The number of carbonyl (C=O) groups excluding carboxylic acids is 1. The number of hydrogen-bond donors (Lipinski definition) is 3. The van der Waals surface area contributed by atoms with Gasteiger partial charge in [0.1, 0.15) is 11.5 Å². The van der Waals surface area contributed by atoms with Crippen LogP contribution in [0.5, 0.6) is 0 Å². The third-order valence-corrected chi connectivity index (χ3v) is 4.28. The molecule has 1 heterocycles. The number of primary amides is 1. The van der Waals surface area contributed by atoms with E-state index in [2.05, 4.69) is 17.2 Å². The zero-order chi connectivity index (χ0) is 14.5. The molecule has 0 unspecified atom stereocenters. The summed E-state index contributed by atoms with van der Waals surface area (Å²) in [5, 5.41) is 3.27. The van der Waals surface area contributed by atoms with E-state index in [0.717, 1.165) is 12.5 Å². The van der Waals surface area contributed by atoms with E-state index in [1.54, 1.807) is 12.1 Å². The molecular formula is C15H24N4O. The summed E-state index contributed by atoms with van der Waals surface area (Å²) < 4.78 is 0. The molecule has 0 aromatic carbocycles. The topological polar surface area (TPSA) is 94.0 Å². The van der Waals surface area contributed by atoms with Gasteiger partial charge in [-0.2, -0.15) is 0 Å². The Morgan fingerprint density at radius 2 is 1.95 bits per heavy atom. The number of aromatic nitrogens is 1. The van der Waals surface area contributed by atoms with Gasteiger partial charge in [-0.3, -0.25) is 4.79 Å². The summed E-state index contributed by atoms with van der Waals surface area (Å²) >= 11 is 0. The molecule has 0 aliphatic heterocycles. The van der Waals surface area contributed by atoms with E-state index in [-0.39, 0.29) is 5.69 Å². The summed E-state index contributed by atoms with van der Waals surface area (Å²) in [5.74, 6) is 1.60. The highest BCUT2D eigenvalue weighted by Gasteiger charge is 2.20. The van der Waals surface area contributed by atoms with Gasteiger partial charge in [-0.1, -0.05) is 26.2 Å². The molecule has 5 nitrogen and oxygen atoms in total. The Bertz CT molecular complexity index is 467. The first-order valence-corrected chi connectivity index (χ1v) is 7.40. The van der Waals surface area contributed by atoms with Gasteiger partial charge in [-0.15, -0.1) is 0 Å². The lowest BCUT2D eigenvalue weighted by atomic mass is 9.81. The number of hydrogen-bond acceptors (Lipinski definition) is 4. The standard InChI is InChI=1S/C15H24N4O/c1-2-10-3-5-11(6-4-10)9-18-15-12(16)7-8-13(19-15)14(17)20/h7-8,10-11H,2-6,9,16H2,1H3,(H2,17,20)(H,18,19). The van der Waals surface area contributed by atoms with E-state index in [1.165, 1.54) is 32.1 Å². The lowest BCUT2D eigenvalue weighted by Crippen LogP contribution is -2.22. The van der Waals surface area contributed by atoms with Gasteiger partial charge in [0, 0.05) is 6.54 Å². The Morgan fingerprint density at radius 1 is 1.30 bits per heavy atom. The van der Waals surface area contributed by atoms with Crippen molar-refractivity contribution in [2.75, 3.05) is 17.6 Å². The number of anilines is 2. The number of carbonyl (C=O) groups is 1. The smallest absolute Gasteiger partial charge is 0.267 e. The molecule has 0 bridgehead atoms. The average Bonchev–Trinajstić information content (AvgIpc) is 2.46. The molecule has 1 aliphatic rings. The minimum atomic E-state index is -0.531. The summed E-state index contributed by atoms with van der Waals surface area (Å²) in [5.41, 5.74) is 11.9. The molecule has 5 heteroatoms. The zero-order valence-electron chi connectivity index (χ0n) is 12.1. The summed E-state index contributed by atoms with van der Waals surface area (Å²) in [6, 6.07) is 3.22. The molecule has 0 spiro atoms. The summed E-state index contributed by atoms with van der Waals surface area (Å²) in [6.07, 6.45) is 6.41. The van der Waals surface area contributed by atoms with Gasteiger partial charge in [-0.05, 0) is 36.8 Å². The first-order chi connectivity index (χ1) is 9.60.